The standard InChI is InChI=1S/C12H8ClN3O/c13-12-11-10(15-7-16-12)9(6-14-11)17-8-4-2-1-3-5-8/h1-7,14H. The van der Waals surface area contributed by atoms with Crippen molar-refractivity contribution in [2.75, 3.05) is 0 Å². The molecule has 0 bridgehead atoms. The van der Waals surface area contributed by atoms with Gasteiger partial charge in [0.05, 0.1) is 0 Å². The number of fused-ring (bicyclic) bond motifs is 1. The number of H-pyrrole nitrogens is 1. The second kappa shape index (κ2) is 4.07. The number of hydrogen-bond acceptors (Lipinski definition) is 3. The predicted octanol–water partition coefficient (Wildman–Crippen LogP) is 3.40. The lowest BCUT2D eigenvalue weighted by Crippen LogP contribution is -1.85. The van der Waals surface area contributed by atoms with Gasteiger partial charge in [-0.2, -0.15) is 0 Å². The first kappa shape index (κ1) is 10.1. The summed E-state index contributed by atoms with van der Waals surface area (Å²) in [6.07, 6.45) is 3.13. The molecule has 0 amide bonds. The molecule has 1 N–H and O–H groups in total. The maximum atomic E-state index is 5.94. The molecule has 84 valence electrons. The summed E-state index contributed by atoms with van der Waals surface area (Å²) >= 11 is 5.94. The zero-order chi connectivity index (χ0) is 11.7. The summed E-state index contributed by atoms with van der Waals surface area (Å²) in [5, 5.41) is 0.387. The predicted molar refractivity (Wildman–Crippen MR) is 65.4 cm³/mol. The Hall–Kier alpha value is -2.07. The first-order valence-electron chi connectivity index (χ1n) is 5.05. The smallest absolute Gasteiger partial charge is 0.171 e. The minimum atomic E-state index is 0.387. The van der Waals surface area contributed by atoms with Crippen molar-refractivity contribution in [3.8, 4) is 11.5 Å². The number of nitrogens with zero attached hydrogens (tertiary/aromatic N) is 2. The fraction of sp³-hybridized carbons (Fsp3) is 0. The third-order valence-electron chi connectivity index (χ3n) is 2.35. The van der Waals surface area contributed by atoms with Crippen molar-refractivity contribution in [3.05, 3.63) is 48.0 Å². The van der Waals surface area contributed by atoms with Crippen LogP contribution in [0.25, 0.3) is 11.0 Å². The first-order valence-corrected chi connectivity index (χ1v) is 5.43. The van der Waals surface area contributed by atoms with Crippen LogP contribution in [0.3, 0.4) is 0 Å². The summed E-state index contributed by atoms with van der Waals surface area (Å²) in [5.41, 5.74) is 1.36. The van der Waals surface area contributed by atoms with Crippen LogP contribution in [0, 0.1) is 0 Å². The monoisotopic (exact) mass is 245 g/mol. The van der Waals surface area contributed by atoms with Gasteiger partial charge in [0.15, 0.2) is 10.9 Å². The molecular formula is C12H8ClN3O. The second-order valence-electron chi connectivity index (χ2n) is 3.46. The van der Waals surface area contributed by atoms with E-state index in [1.165, 1.54) is 6.33 Å². The third kappa shape index (κ3) is 1.83. The van der Waals surface area contributed by atoms with Crippen molar-refractivity contribution in [2.45, 2.75) is 0 Å². The van der Waals surface area contributed by atoms with Gasteiger partial charge in [-0.25, -0.2) is 9.97 Å². The fourth-order valence-corrected chi connectivity index (χ4v) is 1.77. The molecule has 0 aliphatic carbocycles. The minimum Gasteiger partial charge on any atom is -0.453 e. The quantitative estimate of drug-likeness (QED) is 0.704. The van der Waals surface area contributed by atoms with Crippen LogP contribution in [0.2, 0.25) is 5.15 Å². The van der Waals surface area contributed by atoms with Gasteiger partial charge in [-0.15, -0.1) is 0 Å². The van der Waals surface area contributed by atoms with Gasteiger partial charge in [-0.05, 0) is 12.1 Å². The molecular weight excluding hydrogens is 238 g/mol. The Bertz CT molecular complexity index is 651. The summed E-state index contributed by atoms with van der Waals surface area (Å²) in [6.45, 7) is 0. The number of nitrogens with one attached hydrogen (secondary N) is 1. The lowest BCUT2D eigenvalue weighted by atomic mass is 10.3. The Labute approximate surface area is 102 Å². The third-order valence-corrected chi connectivity index (χ3v) is 2.64. The number of aromatic nitrogens is 3. The summed E-state index contributed by atoms with van der Waals surface area (Å²) in [6, 6.07) is 9.50. The lowest BCUT2D eigenvalue weighted by molar-refractivity contribution is 0.487. The van der Waals surface area contributed by atoms with Gasteiger partial charge in [0, 0.05) is 6.20 Å². The normalized spacial score (nSPS) is 10.6. The Morgan fingerprint density at radius 2 is 1.94 bits per heavy atom. The van der Waals surface area contributed by atoms with Crippen molar-refractivity contribution < 1.29 is 4.74 Å². The number of benzene rings is 1. The van der Waals surface area contributed by atoms with E-state index < -0.39 is 0 Å². The lowest BCUT2D eigenvalue weighted by Gasteiger charge is -2.02. The highest BCUT2D eigenvalue weighted by molar-refractivity contribution is 6.33. The summed E-state index contributed by atoms with van der Waals surface area (Å²) in [7, 11) is 0. The zero-order valence-electron chi connectivity index (χ0n) is 8.72. The molecule has 4 nitrogen and oxygen atoms in total. The van der Waals surface area contributed by atoms with E-state index in [1.807, 2.05) is 30.3 Å². The highest BCUT2D eigenvalue weighted by Crippen LogP contribution is 2.30. The molecule has 0 saturated carbocycles. The van der Waals surface area contributed by atoms with Crippen molar-refractivity contribution >= 4 is 22.6 Å². The average Bonchev–Trinajstić information content (AvgIpc) is 2.76. The molecule has 0 spiro atoms. The van der Waals surface area contributed by atoms with Crippen molar-refractivity contribution in [1.29, 1.82) is 0 Å². The van der Waals surface area contributed by atoms with Crippen molar-refractivity contribution in [3.63, 3.8) is 0 Å². The van der Waals surface area contributed by atoms with Gasteiger partial charge in [0.1, 0.15) is 23.1 Å². The number of aromatic amines is 1. The molecule has 17 heavy (non-hydrogen) atoms. The van der Waals surface area contributed by atoms with E-state index in [9.17, 15) is 0 Å². The van der Waals surface area contributed by atoms with Crippen LogP contribution in [0.4, 0.5) is 0 Å². The van der Waals surface area contributed by atoms with E-state index in [0.717, 1.165) is 5.75 Å². The largest absolute Gasteiger partial charge is 0.453 e. The topological polar surface area (TPSA) is 50.8 Å². The average molecular weight is 246 g/mol. The number of para-hydroxylation sites is 1. The maximum Gasteiger partial charge on any atom is 0.171 e. The molecule has 0 atom stereocenters. The number of rotatable bonds is 2. The molecule has 1 aromatic carbocycles. The molecule has 2 aromatic heterocycles. The van der Waals surface area contributed by atoms with E-state index in [1.54, 1.807) is 6.20 Å². The molecule has 0 radical (unpaired) electrons. The van der Waals surface area contributed by atoms with Crippen LogP contribution in [0.5, 0.6) is 11.5 Å². The van der Waals surface area contributed by atoms with Crippen LogP contribution in [-0.4, -0.2) is 15.0 Å². The number of hydrogen-bond donors (Lipinski definition) is 1. The van der Waals surface area contributed by atoms with E-state index in [-0.39, 0.29) is 0 Å². The van der Waals surface area contributed by atoms with Gasteiger partial charge in [-0.3, -0.25) is 0 Å². The SMILES string of the molecule is Clc1ncnc2c(Oc3ccccc3)c[nH]c12. The van der Waals surface area contributed by atoms with E-state index in [4.69, 9.17) is 16.3 Å². The molecule has 3 aromatic rings. The Kier molecular flexibility index (Phi) is 2.42. The molecule has 0 saturated heterocycles. The fourth-order valence-electron chi connectivity index (χ4n) is 1.58. The van der Waals surface area contributed by atoms with Crippen LogP contribution in [0.15, 0.2) is 42.9 Å². The van der Waals surface area contributed by atoms with Gasteiger partial charge in [-0.1, -0.05) is 29.8 Å². The minimum absolute atomic E-state index is 0.387. The number of halogens is 1. The van der Waals surface area contributed by atoms with Crippen molar-refractivity contribution in [2.24, 2.45) is 0 Å². The van der Waals surface area contributed by atoms with Gasteiger partial charge >= 0.3 is 0 Å². The first-order chi connectivity index (χ1) is 8.34. The Morgan fingerprint density at radius 1 is 1.12 bits per heavy atom. The molecule has 0 aliphatic heterocycles. The van der Waals surface area contributed by atoms with E-state index in [2.05, 4.69) is 15.0 Å². The van der Waals surface area contributed by atoms with Crippen LogP contribution >= 0.6 is 11.6 Å². The number of ether oxygens (including phenoxy) is 1. The molecule has 0 unspecified atom stereocenters. The highest BCUT2D eigenvalue weighted by Gasteiger charge is 2.10. The summed E-state index contributed by atoms with van der Waals surface area (Å²) in [5.74, 6) is 1.39. The maximum absolute atomic E-state index is 5.94. The molecule has 5 heteroatoms. The van der Waals surface area contributed by atoms with Gasteiger partial charge < -0.3 is 9.72 Å². The van der Waals surface area contributed by atoms with Crippen molar-refractivity contribution in [1.82, 2.24) is 15.0 Å². The molecule has 0 aliphatic rings. The van der Waals surface area contributed by atoms with Crippen LogP contribution < -0.4 is 4.74 Å². The van der Waals surface area contributed by atoms with E-state index in [0.29, 0.717) is 21.9 Å². The van der Waals surface area contributed by atoms with Gasteiger partial charge in [0.25, 0.3) is 0 Å². The Balaban J connectivity index is 2.05. The summed E-state index contributed by atoms with van der Waals surface area (Å²) < 4.78 is 5.71. The van der Waals surface area contributed by atoms with Crippen LogP contribution in [0.1, 0.15) is 0 Å². The molecule has 2 heterocycles. The zero-order valence-corrected chi connectivity index (χ0v) is 9.48. The highest BCUT2D eigenvalue weighted by atomic mass is 35.5. The molecule has 0 fully saturated rings. The second-order valence-corrected chi connectivity index (χ2v) is 3.81. The van der Waals surface area contributed by atoms with E-state index >= 15 is 0 Å². The van der Waals surface area contributed by atoms with Gasteiger partial charge in [0.2, 0.25) is 0 Å². The molecule has 3 rings (SSSR count). The van der Waals surface area contributed by atoms with Crippen LogP contribution in [-0.2, 0) is 0 Å². The Morgan fingerprint density at radius 3 is 2.76 bits per heavy atom. The summed E-state index contributed by atoms with van der Waals surface area (Å²) in [4.78, 5) is 11.0.